The van der Waals surface area contributed by atoms with Crippen LogP contribution < -0.4 is 4.90 Å². The highest BCUT2D eigenvalue weighted by molar-refractivity contribution is 6.16. The van der Waals surface area contributed by atoms with Crippen molar-refractivity contribution >= 4 is 82.5 Å². The summed E-state index contributed by atoms with van der Waals surface area (Å²) in [6.45, 7) is 0. The van der Waals surface area contributed by atoms with Crippen LogP contribution in [0.2, 0.25) is 0 Å². The summed E-state index contributed by atoms with van der Waals surface area (Å²) >= 11 is 0. The Morgan fingerprint density at radius 2 is 0.785 bits per heavy atom. The third kappa shape index (κ3) is 6.36. The summed E-state index contributed by atoms with van der Waals surface area (Å²) in [6, 6.07) is 84.9. The predicted molar refractivity (Wildman–Crippen MR) is 272 cm³/mol. The second kappa shape index (κ2) is 15.0. The zero-order valence-corrected chi connectivity index (χ0v) is 35.3. The lowest BCUT2D eigenvalue weighted by atomic mass is 9.95. The molecular formula is C62H39NO2. The molecule has 0 atom stereocenters. The Balaban J connectivity index is 0.937. The van der Waals surface area contributed by atoms with E-state index < -0.39 is 0 Å². The third-order valence-corrected chi connectivity index (χ3v) is 13.0. The van der Waals surface area contributed by atoms with Crippen LogP contribution in [0.3, 0.4) is 0 Å². The highest BCUT2D eigenvalue weighted by Gasteiger charge is 2.21. The van der Waals surface area contributed by atoms with Gasteiger partial charge in [-0.3, -0.25) is 0 Å². The maximum Gasteiger partial charge on any atom is 0.136 e. The van der Waals surface area contributed by atoms with Crippen molar-refractivity contribution in [2.75, 3.05) is 4.90 Å². The molecule has 0 saturated heterocycles. The molecule has 0 spiro atoms. The van der Waals surface area contributed by atoms with E-state index in [4.69, 9.17) is 8.83 Å². The second-order valence-corrected chi connectivity index (χ2v) is 16.9. The van der Waals surface area contributed by atoms with Crippen molar-refractivity contribution in [1.82, 2.24) is 0 Å². The molecule has 0 aliphatic carbocycles. The molecule has 13 rings (SSSR count). The van der Waals surface area contributed by atoms with Crippen LogP contribution in [0.4, 0.5) is 17.1 Å². The second-order valence-electron chi connectivity index (χ2n) is 16.9. The van der Waals surface area contributed by atoms with E-state index in [-0.39, 0.29) is 0 Å². The fourth-order valence-electron chi connectivity index (χ4n) is 9.82. The normalized spacial score (nSPS) is 11.7. The number of benzene rings is 11. The van der Waals surface area contributed by atoms with Gasteiger partial charge in [-0.2, -0.15) is 0 Å². The molecule has 0 bridgehead atoms. The smallest absolute Gasteiger partial charge is 0.136 e. The van der Waals surface area contributed by atoms with Gasteiger partial charge < -0.3 is 13.7 Å². The number of nitrogens with zero attached hydrogens (tertiary/aromatic N) is 1. The van der Waals surface area contributed by atoms with Crippen molar-refractivity contribution < 1.29 is 8.83 Å². The summed E-state index contributed by atoms with van der Waals surface area (Å²) in [7, 11) is 0. The number of hydrogen-bond donors (Lipinski definition) is 0. The zero-order valence-electron chi connectivity index (χ0n) is 35.3. The fraction of sp³-hybridized carbons (Fsp3) is 0. The molecule has 2 heterocycles. The van der Waals surface area contributed by atoms with Crippen LogP contribution in [0, 0.1) is 0 Å². The van der Waals surface area contributed by atoms with Crippen molar-refractivity contribution in [1.29, 1.82) is 0 Å². The molecule has 0 unspecified atom stereocenters. The molecule has 304 valence electrons. The van der Waals surface area contributed by atoms with Crippen LogP contribution in [0.15, 0.2) is 245 Å². The first-order chi connectivity index (χ1) is 32.2. The van der Waals surface area contributed by atoms with E-state index in [1.54, 1.807) is 0 Å². The van der Waals surface area contributed by atoms with Crippen molar-refractivity contribution in [3.8, 4) is 44.5 Å². The first-order valence-electron chi connectivity index (χ1n) is 22.1. The molecule has 0 aliphatic rings. The van der Waals surface area contributed by atoms with Crippen LogP contribution in [-0.2, 0) is 0 Å². The SMILES string of the molecule is c1cc(-c2ccc(N(c3ccc(-c4ccc5oc6ccccc6c5c4)cc3)c3ccccc3-c3cccc4oc5cc6ccccc6cc5c34)cc2)cc(-c2ccc3ccccc3c2)c1. The summed E-state index contributed by atoms with van der Waals surface area (Å²) in [5, 5.41) is 9.31. The maximum atomic E-state index is 6.58. The highest BCUT2D eigenvalue weighted by Crippen LogP contribution is 2.46. The van der Waals surface area contributed by atoms with Gasteiger partial charge in [-0.1, -0.05) is 158 Å². The molecule has 0 saturated carbocycles. The third-order valence-electron chi connectivity index (χ3n) is 13.0. The monoisotopic (exact) mass is 829 g/mol. The Morgan fingerprint density at radius 3 is 1.57 bits per heavy atom. The van der Waals surface area contributed by atoms with Gasteiger partial charge in [0.1, 0.15) is 22.3 Å². The molecule has 0 amide bonds. The maximum absolute atomic E-state index is 6.58. The molecule has 3 nitrogen and oxygen atoms in total. The molecule has 0 aliphatic heterocycles. The summed E-state index contributed by atoms with van der Waals surface area (Å²) < 4.78 is 12.8. The standard InChI is InChI=1S/C62H39NO2/c1-2-12-43-36-48(24-23-40(43)11-1)45-16-9-15-44(35-45)41-25-30-50(31-26-41)63(51-32-27-42(28-33-51)49-29-34-59-55(37-49)53-18-6-8-21-58(53)64-59)57-20-7-5-17-52(57)54-19-10-22-60-62(54)56-38-46-13-3-4-14-47(46)39-61(56)65-60/h1-39H. The largest absolute Gasteiger partial charge is 0.456 e. The topological polar surface area (TPSA) is 29.5 Å². The van der Waals surface area contributed by atoms with Crippen LogP contribution in [0.5, 0.6) is 0 Å². The van der Waals surface area contributed by atoms with E-state index >= 15 is 0 Å². The van der Waals surface area contributed by atoms with Crippen LogP contribution in [0.25, 0.3) is 110 Å². The predicted octanol–water partition coefficient (Wildman–Crippen LogP) is 17.9. The Bertz CT molecular complexity index is 3950. The summed E-state index contributed by atoms with van der Waals surface area (Å²) in [5.74, 6) is 0. The van der Waals surface area contributed by atoms with E-state index in [0.29, 0.717) is 0 Å². The van der Waals surface area contributed by atoms with Gasteiger partial charge >= 0.3 is 0 Å². The summed E-state index contributed by atoms with van der Waals surface area (Å²) in [5.41, 5.74) is 16.0. The van der Waals surface area contributed by atoms with Gasteiger partial charge in [0, 0.05) is 38.5 Å². The van der Waals surface area contributed by atoms with E-state index in [2.05, 4.69) is 229 Å². The number of para-hydroxylation sites is 2. The molecule has 13 aromatic rings. The molecule has 11 aromatic carbocycles. The van der Waals surface area contributed by atoms with Gasteiger partial charge in [0.2, 0.25) is 0 Å². The van der Waals surface area contributed by atoms with E-state index in [1.165, 1.54) is 32.8 Å². The van der Waals surface area contributed by atoms with Gasteiger partial charge in [-0.25, -0.2) is 0 Å². The Morgan fingerprint density at radius 1 is 0.262 bits per heavy atom. The number of anilines is 3. The van der Waals surface area contributed by atoms with Gasteiger partial charge in [0.05, 0.1) is 5.69 Å². The number of furan rings is 2. The Hall–Kier alpha value is -8.66. The zero-order chi connectivity index (χ0) is 42.8. The van der Waals surface area contributed by atoms with E-state index in [9.17, 15) is 0 Å². The van der Waals surface area contributed by atoms with Crippen LogP contribution in [0.1, 0.15) is 0 Å². The highest BCUT2D eigenvalue weighted by atomic mass is 16.3. The Labute approximate surface area is 375 Å². The lowest BCUT2D eigenvalue weighted by Gasteiger charge is -2.28. The van der Waals surface area contributed by atoms with E-state index in [1.807, 2.05) is 12.1 Å². The van der Waals surface area contributed by atoms with Crippen LogP contribution in [-0.4, -0.2) is 0 Å². The molecule has 2 aromatic heterocycles. The first kappa shape index (κ1) is 36.9. The molecule has 3 heteroatoms. The number of rotatable bonds is 7. The molecule has 0 N–H and O–H groups in total. The Kier molecular flexibility index (Phi) is 8.53. The van der Waals surface area contributed by atoms with E-state index in [0.717, 1.165) is 94.1 Å². The minimum Gasteiger partial charge on any atom is -0.456 e. The van der Waals surface area contributed by atoms with Gasteiger partial charge in [-0.15, -0.1) is 0 Å². The lowest BCUT2D eigenvalue weighted by Crippen LogP contribution is -2.11. The van der Waals surface area contributed by atoms with Crippen molar-refractivity contribution in [2.45, 2.75) is 0 Å². The fourth-order valence-corrected chi connectivity index (χ4v) is 9.82. The average molecular weight is 830 g/mol. The van der Waals surface area contributed by atoms with Gasteiger partial charge in [-0.05, 0) is 139 Å². The molecular weight excluding hydrogens is 791 g/mol. The van der Waals surface area contributed by atoms with Gasteiger partial charge in [0.25, 0.3) is 0 Å². The lowest BCUT2D eigenvalue weighted by molar-refractivity contribution is 0.669. The van der Waals surface area contributed by atoms with Crippen molar-refractivity contribution in [2.24, 2.45) is 0 Å². The quantitative estimate of drug-likeness (QED) is 0.160. The molecule has 0 fully saturated rings. The average Bonchev–Trinajstić information content (AvgIpc) is 3.94. The number of fused-ring (bicyclic) bond motifs is 8. The summed E-state index contributed by atoms with van der Waals surface area (Å²) in [6.07, 6.45) is 0. The van der Waals surface area contributed by atoms with Crippen molar-refractivity contribution in [3.05, 3.63) is 237 Å². The molecule has 65 heavy (non-hydrogen) atoms. The van der Waals surface area contributed by atoms with Crippen LogP contribution >= 0.6 is 0 Å². The molecule has 0 radical (unpaired) electrons. The van der Waals surface area contributed by atoms with Gasteiger partial charge in [0.15, 0.2) is 0 Å². The minimum absolute atomic E-state index is 0.871. The number of hydrogen-bond acceptors (Lipinski definition) is 3. The summed E-state index contributed by atoms with van der Waals surface area (Å²) in [4.78, 5) is 2.39. The minimum atomic E-state index is 0.871. The first-order valence-corrected chi connectivity index (χ1v) is 22.1. The van der Waals surface area contributed by atoms with Crippen molar-refractivity contribution in [3.63, 3.8) is 0 Å².